The predicted molar refractivity (Wildman–Crippen MR) is 111 cm³/mol. The van der Waals surface area contributed by atoms with Crippen molar-refractivity contribution in [2.45, 2.75) is 18.7 Å². The van der Waals surface area contributed by atoms with Crippen molar-refractivity contribution in [3.8, 4) is 11.5 Å². The second-order valence-corrected chi connectivity index (χ2v) is 8.13. The summed E-state index contributed by atoms with van der Waals surface area (Å²) < 4.78 is 94.8. The molecule has 0 spiro atoms. The number of rotatable bonds is 3. The normalized spacial score (nSPS) is 21.8. The zero-order valence-corrected chi connectivity index (χ0v) is 18.8. The van der Waals surface area contributed by atoms with Crippen LogP contribution in [0.2, 0.25) is 0 Å². The van der Waals surface area contributed by atoms with Gasteiger partial charge in [0.15, 0.2) is 0 Å². The number of hydrazine groups is 1. The van der Waals surface area contributed by atoms with Gasteiger partial charge >= 0.3 is 24.7 Å². The summed E-state index contributed by atoms with van der Waals surface area (Å²) in [7, 11) is 2.17. The molecule has 14 heteroatoms. The molecule has 2 aliphatic rings. The molecule has 1 saturated heterocycles. The Morgan fingerprint density at radius 2 is 1.69 bits per heavy atom. The Hall–Kier alpha value is -3.68. The van der Waals surface area contributed by atoms with E-state index in [2.05, 4.69) is 4.74 Å². The minimum absolute atomic E-state index is 0.0183. The number of urea groups is 1. The van der Waals surface area contributed by atoms with Crippen molar-refractivity contribution in [2.75, 3.05) is 32.2 Å². The number of hydrogen-bond acceptors (Lipinski definition) is 6. The number of carbonyl (C=O) groups is 2. The number of para-hydroxylation sites is 1. The molecule has 0 saturated carbocycles. The van der Waals surface area contributed by atoms with Gasteiger partial charge in [0.2, 0.25) is 0 Å². The van der Waals surface area contributed by atoms with E-state index in [4.69, 9.17) is 9.47 Å². The Bertz CT molecular complexity index is 1160. The van der Waals surface area contributed by atoms with Crippen LogP contribution >= 0.6 is 0 Å². The molecule has 8 nitrogen and oxygen atoms in total. The van der Waals surface area contributed by atoms with Crippen molar-refractivity contribution < 1.29 is 50.1 Å². The van der Waals surface area contributed by atoms with Gasteiger partial charge in [0, 0.05) is 18.3 Å². The van der Waals surface area contributed by atoms with Gasteiger partial charge in [-0.05, 0) is 30.3 Å². The van der Waals surface area contributed by atoms with Crippen molar-refractivity contribution in [3.05, 3.63) is 54.1 Å². The number of amides is 2. The lowest BCUT2D eigenvalue weighted by Gasteiger charge is -2.39. The minimum Gasteiger partial charge on any atom is -0.492 e. The maximum Gasteiger partial charge on any atom is 0.573 e. The molecule has 0 aliphatic carbocycles. The van der Waals surface area contributed by atoms with Gasteiger partial charge in [-0.3, -0.25) is 9.69 Å². The average Bonchev–Trinajstić information content (AvgIpc) is 3.20. The average molecular weight is 519 g/mol. The summed E-state index contributed by atoms with van der Waals surface area (Å²) in [6.45, 7) is -1.21. The second-order valence-electron chi connectivity index (χ2n) is 8.13. The highest BCUT2D eigenvalue weighted by Crippen LogP contribution is 2.55. The number of ether oxygens (including phenoxy) is 3. The third kappa shape index (κ3) is 4.36. The van der Waals surface area contributed by atoms with E-state index in [1.165, 1.54) is 18.2 Å². The van der Waals surface area contributed by atoms with Gasteiger partial charge in [0.25, 0.3) is 0 Å². The molecule has 0 aromatic heterocycles. The van der Waals surface area contributed by atoms with Crippen LogP contribution in [0.1, 0.15) is 11.6 Å². The third-order valence-corrected chi connectivity index (χ3v) is 5.98. The van der Waals surface area contributed by atoms with Crippen LogP contribution in [0, 0.1) is 5.41 Å². The second kappa shape index (κ2) is 8.76. The molecule has 2 atom stereocenters. The van der Waals surface area contributed by atoms with Gasteiger partial charge in [0.05, 0.1) is 19.7 Å². The maximum atomic E-state index is 14.4. The number of benzene rings is 2. The van der Waals surface area contributed by atoms with Crippen molar-refractivity contribution in [3.63, 3.8) is 0 Å². The monoisotopic (exact) mass is 519 g/mol. The molecule has 0 radical (unpaired) electrons. The van der Waals surface area contributed by atoms with Gasteiger partial charge < -0.3 is 14.2 Å². The van der Waals surface area contributed by atoms with E-state index in [0.717, 1.165) is 43.3 Å². The fourth-order valence-corrected chi connectivity index (χ4v) is 4.44. The standard InChI is InChI=1S/C22H19F6N3O5/c1-29(13-7-9-14(10-8-13)36-22(26,27)28)19(33)30-11-20(18(32)34-2)12-35-16-6-4-3-5-15(16)17(20)31(30)21(23,24)25/h3-10,17H,11-12H2,1-2H3. The van der Waals surface area contributed by atoms with Gasteiger partial charge in [-0.25, -0.2) is 9.80 Å². The van der Waals surface area contributed by atoms with Crippen molar-refractivity contribution in [2.24, 2.45) is 5.41 Å². The molecule has 2 unspecified atom stereocenters. The van der Waals surface area contributed by atoms with E-state index < -0.39 is 55.0 Å². The lowest BCUT2D eigenvalue weighted by atomic mass is 9.76. The SMILES string of the molecule is COC(=O)C12COc3ccccc3C1N(C(F)(F)F)N(C(=O)N(C)c1ccc(OC(F)(F)F)cc1)C2. The first-order chi connectivity index (χ1) is 16.8. The van der Waals surface area contributed by atoms with Gasteiger partial charge in [-0.2, -0.15) is 13.2 Å². The zero-order chi connectivity index (χ0) is 26.5. The molecular weight excluding hydrogens is 500 g/mol. The highest BCUT2D eigenvalue weighted by Gasteiger charge is 2.68. The van der Waals surface area contributed by atoms with Crippen molar-refractivity contribution in [1.82, 2.24) is 10.0 Å². The Labute approximate surface area is 200 Å². The summed E-state index contributed by atoms with van der Waals surface area (Å²) in [6.07, 6.45) is -10.0. The molecule has 0 bridgehead atoms. The van der Waals surface area contributed by atoms with Crippen LogP contribution < -0.4 is 14.4 Å². The Morgan fingerprint density at radius 1 is 1.06 bits per heavy atom. The first-order valence-electron chi connectivity index (χ1n) is 10.4. The molecule has 194 valence electrons. The largest absolute Gasteiger partial charge is 0.573 e. The van der Waals surface area contributed by atoms with Gasteiger partial charge in [-0.1, -0.05) is 18.2 Å². The van der Waals surface area contributed by atoms with Gasteiger partial charge in [0.1, 0.15) is 23.5 Å². The highest BCUT2D eigenvalue weighted by molar-refractivity contribution is 5.92. The molecule has 2 heterocycles. The van der Waals surface area contributed by atoms with E-state index >= 15 is 0 Å². The van der Waals surface area contributed by atoms with E-state index in [9.17, 15) is 35.9 Å². The number of alkyl halides is 6. The van der Waals surface area contributed by atoms with Crippen LogP contribution in [0.4, 0.5) is 36.8 Å². The summed E-state index contributed by atoms with van der Waals surface area (Å²) >= 11 is 0. The van der Waals surface area contributed by atoms with Crippen LogP contribution in [0.3, 0.4) is 0 Å². The Balaban J connectivity index is 1.73. The molecule has 2 aliphatic heterocycles. The molecule has 2 amide bonds. The van der Waals surface area contributed by atoms with Crippen molar-refractivity contribution in [1.29, 1.82) is 0 Å². The van der Waals surface area contributed by atoms with Crippen LogP contribution in [0.25, 0.3) is 0 Å². The van der Waals surface area contributed by atoms with E-state index in [1.807, 2.05) is 0 Å². The number of halogens is 6. The summed E-state index contributed by atoms with van der Waals surface area (Å²) in [4.78, 5) is 27.0. The smallest absolute Gasteiger partial charge is 0.492 e. The van der Waals surface area contributed by atoms with Crippen LogP contribution in [0.5, 0.6) is 11.5 Å². The highest BCUT2D eigenvalue weighted by atomic mass is 19.4. The molecule has 2 aromatic carbocycles. The maximum absolute atomic E-state index is 14.4. The number of hydrogen-bond donors (Lipinski definition) is 0. The molecule has 36 heavy (non-hydrogen) atoms. The first-order valence-corrected chi connectivity index (χ1v) is 10.4. The van der Waals surface area contributed by atoms with Gasteiger partial charge in [-0.15, -0.1) is 18.2 Å². The number of nitrogens with zero attached hydrogens (tertiary/aromatic N) is 3. The Kier molecular flexibility index (Phi) is 6.19. The minimum atomic E-state index is -5.11. The summed E-state index contributed by atoms with van der Waals surface area (Å²) in [5, 5.41) is 0.235. The van der Waals surface area contributed by atoms with E-state index in [0.29, 0.717) is 5.01 Å². The fourth-order valence-electron chi connectivity index (χ4n) is 4.44. The summed E-state index contributed by atoms with van der Waals surface area (Å²) in [5.74, 6) is -1.45. The molecule has 2 aromatic rings. The zero-order valence-electron chi connectivity index (χ0n) is 18.8. The van der Waals surface area contributed by atoms with Crippen LogP contribution in [-0.4, -0.2) is 62.0 Å². The quantitative estimate of drug-likeness (QED) is 0.338. The van der Waals surface area contributed by atoms with Crippen LogP contribution in [-0.2, 0) is 9.53 Å². The fraction of sp³-hybridized carbons (Fsp3) is 0.364. The van der Waals surface area contributed by atoms with E-state index in [1.54, 1.807) is 6.07 Å². The topological polar surface area (TPSA) is 71.6 Å². The third-order valence-electron chi connectivity index (χ3n) is 5.98. The van der Waals surface area contributed by atoms with E-state index in [-0.39, 0.29) is 22.0 Å². The lowest BCUT2D eigenvalue weighted by molar-refractivity contribution is -0.304. The number of methoxy groups -OCH3 is 1. The molecule has 4 rings (SSSR count). The predicted octanol–water partition coefficient (Wildman–Crippen LogP) is 4.49. The number of fused-ring (bicyclic) bond motifs is 3. The molecule has 0 N–H and O–H groups in total. The van der Waals surface area contributed by atoms with Crippen molar-refractivity contribution >= 4 is 17.7 Å². The number of carbonyl (C=O) groups excluding carboxylic acids is 2. The molecule has 1 fully saturated rings. The Morgan fingerprint density at radius 3 is 2.28 bits per heavy atom. The number of esters is 1. The molecular formula is C22H19F6N3O5. The van der Waals surface area contributed by atoms with Crippen LogP contribution in [0.15, 0.2) is 48.5 Å². The summed E-state index contributed by atoms with van der Waals surface area (Å²) in [5.41, 5.74) is -1.88. The first kappa shape index (κ1) is 25.4. The lowest BCUT2D eigenvalue weighted by Crippen LogP contribution is -2.54. The number of anilines is 1. The summed E-state index contributed by atoms with van der Waals surface area (Å²) in [6, 6.07) is 6.98.